The van der Waals surface area contributed by atoms with Gasteiger partial charge in [-0.2, -0.15) is 0 Å². The molecule has 0 N–H and O–H groups in total. The number of hydrogen-bond acceptors (Lipinski definition) is 7. The lowest BCUT2D eigenvalue weighted by Gasteiger charge is -2.34. The highest BCUT2D eigenvalue weighted by Crippen LogP contribution is 2.16. The number of carbonyl (C=O) groups is 3. The molecule has 8 nitrogen and oxygen atoms in total. The third-order valence-electron chi connectivity index (χ3n) is 12.1. The molecular formula is C54H101NO7. The van der Waals surface area contributed by atoms with Crippen LogP contribution in [0.1, 0.15) is 251 Å². The van der Waals surface area contributed by atoms with Gasteiger partial charge >= 0.3 is 11.9 Å². The summed E-state index contributed by atoms with van der Waals surface area (Å²) in [6.07, 6.45) is 52.1. The number of ether oxygens (including phenoxy) is 3. The summed E-state index contributed by atoms with van der Waals surface area (Å²) < 4.78 is 17.2. The van der Waals surface area contributed by atoms with Crippen LogP contribution < -0.4 is 5.11 Å². The fraction of sp³-hybridized carbons (Fsp3) is 0.870. The van der Waals surface area contributed by atoms with E-state index in [1.165, 1.54) is 167 Å². The summed E-state index contributed by atoms with van der Waals surface area (Å²) >= 11 is 0. The number of esters is 2. The highest BCUT2D eigenvalue weighted by atomic mass is 16.6. The summed E-state index contributed by atoms with van der Waals surface area (Å²) in [4.78, 5) is 37.0. The van der Waals surface area contributed by atoms with Gasteiger partial charge in [0.05, 0.1) is 40.3 Å². The Hall–Kier alpha value is -2.19. The second kappa shape index (κ2) is 45.4. The van der Waals surface area contributed by atoms with Gasteiger partial charge in [-0.25, -0.2) is 0 Å². The molecule has 0 spiro atoms. The van der Waals surface area contributed by atoms with E-state index in [1.807, 2.05) is 0 Å². The monoisotopic (exact) mass is 876 g/mol. The highest BCUT2D eigenvalue weighted by Gasteiger charge is 2.25. The van der Waals surface area contributed by atoms with Gasteiger partial charge in [-0.3, -0.25) is 9.59 Å². The molecule has 0 radical (unpaired) electrons. The second-order valence-electron chi connectivity index (χ2n) is 19.1. The number of quaternary nitrogens is 1. The van der Waals surface area contributed by atoms with E-state index in [1.54, 1.807) is 21.1 Å². The quantitative estimate of drug-likeness (QED) is 0.0260. The molecule has 0 heterocycles. The Bertz CT molecular complexity index is 1070. The predicted octanol–water partition coefficient (Wildman–Crippen LogP) is 13.9. The lowest BCUT2D eigenvalue weighted by molar-refractivity contribution is -0.889. The van der Waals surface area contributed by atoms with Crippen molar-refractivity contribution in [3.05, 3.63) is 24.3 Å². The zero-order valence-electron chi connectivity index (χ0n) is 41.6. The average Bonchev–Trinajstić information content (AvgIpc) is 3.23. The molecule has 0 fully saturated rings. The van der Waals surface area contributed by atoms with Crippen LogP contribution in [0.5, 0.6) is 0 Å². The predicted molar refractivity (Wildman–Crippen MR) is 259 cm³/mol. The number of unbranched alkanes of at least 4 members (excludes halogenated alkanes) is 30. The van der Waals surface area contributed by atoms with E-state index in [0.29, 0.717) is 12.8 Å². The van der Waals surface area contributed by atoms with Gasteiger partial charge in [0.15, 0.2) is 6.10 Å². The van der Waals surface area contributed by atoms with E-state index in [2.05, 4.69) is 38.2 Å². The number of allylic oxidation sites excluding steroid dienone is 4. The molecule has 0 aliphatic carbocycles. The summed E-state index contributed by atoms with van der Waals surface area (Å²) in [6, 6.07) is -0.725. The molecule has 0 aliphatic rings. The number of carboxylic acids is 1. The van der Waals surface area contributed by atoms with Gasteiger partial charge in [-0.05, 0) is 44.9 Å². The summed E-state index contributed by atoms with van der Waals surface area (Å²) in [6.45, 7) is 4.69. The van der Waals surface area contributed by atoms with Gasteiger partial charge in [0.25, 0.3) is 0 Å². The first kappa shape index (κ1) is 59.8. The van der Waals surface area contributed by atoms with Gasteiger partial charge in [-0.1, -0.05) is 212 Å². The number of carboxylic acid groups (broad SMARTS) is 1. The maximum absolute atomic E-state index is 12.8. The summed E-state index contributed by atoms with van der Waals surface area (Å²) in [5.41, 5.74) is 0. The molecule has 0 aromatic carbocycles. The van der Waals surface area contributed by atoms with Crippen LogP contribution in [-0.4, -0.2) is 75.5 Å². The van der Waals surface area contributed by atoms with Crippen molar-refractivity contribution in [3.63, 3.8) is 0 Å². The van der Waals surface area contributed by atoms with Gasteiger partial charge in [0.2, 0.25) is 0 Å². The average molecular weight is 876 g/mol. The lowest BCUT2D eigenvalue weighted by atomic mass is 10.0. The second-order valence-corrected chi connectivity index (χ2v) is 19.1. The molecule has 8 heteroatoms. The van der Waals surface area contributed by atoms with Crippen LogP contribution in [0, 0.1) is 0 Å². The topological polar surface area (TPSA) is 102 Å². The van der Waals surface area contributed by atoms with Gasteiger partial charge in [0, 0.05) is 19.3 Å². The minimum Gasteiger partial charge on any atom is -0.544 e. The Labute approximate surface area is 383 Å². The third-order valence-corrected chi connectivity index (χ3v) is 12.1. The van der Waals surface area contributed by atoms with Crippen molar-refractivity contribution < 1.29 is 38.2 Å². The minimum atomic E-state index is -1.12. The lowest BCUT2D eigenvalue weighted by Crippen LogP contribution is -2.55. The largest absolute Gasteiger partial charge is 0.544 e. The van der Waals surface area contributed by atoms with Crippen LogP contribution in [0.3, 0.4) is 0 Å². The molecule has 0 aromatic heterocycles. The molecule has 0 aromatic rings. The van der Waals surface area contributed by atoms with E-state index >= 15 is 0 Å². The van der Waals surface area contributed by atoms with Crippen molar-refractivity contribution in [1.82, 2.24) is 0 Å². The molecule has 2 atom stereocenters. The van der Waals surface area contributed by atoms with E-state index in [9.17, 15) is 19.5 Å². The van der Waals surface area contributed by atoms with E-state index in [0.717, 1.165) is 51.4 Å². The Kier molecular flexibility index (Phi) is 43.8. The summed E-state index contributed by atoms with van der Waals surface area (Å²) in [5.74, 6) is -1.73. The highest BCUT2D eigenvalue weighted by molar-refractivity contribution is 5.70. The number of aliphatic carboxylic acids is 1. The number of hydrogen-bond donors (Lipinski definition) is 0. The van der Waals surface area contributed by atoms with Crippen LogP contribution in [0.2, 0.25) is 0 Å². The van der Waals surface area contributed by atoms with Gasteiger partial charge < -0.3 is 28.6 Å². The molecule has 0 amide bonds. The maximum atomic E-state index is 12.8. The Morgan fingerprint density at radius 2 is 0.855 bits per heavy atom. The molecule has 0 rings (SSSR count). The molecule has 0 saturated carbocycles. The van der Waals surface area contributed by atoms with Crippen LogP contribution >= 0.6 is 0 Å². The van der Waals surface area contributed by atoms with E-state index in [-0.39, 0.29) is 42.7 Å². The number of nitrogens with zero attached hydrogens (tertiary/aromatic N) is 1. The van der Waals surface area contributed by atoms with Gasteiger partial charge in [-0.15, -0.1) is 0 Å². The Morgan fingerprint density at radius 3 is 1.24 bits per heavy atom. The Balaban J connectivity index is 4.21. The molecule has 2 unspecified atom stereocenters. The third kappa shape index (κ3) is 43.1. The van der Waals surface area contributed by atoms with Crippen molar-refractivity contribution >= 4 is 17.9 Å². The summed E-state index contributed by atoms with van der Waals surface area (Å²) in [5, 5.41) is 11.7. The standard InChI is InChI=1S/C54H101NO7/c1-6-8-10-12-14-16-18-20-22-23-24-25-26-27-28-29-31-33-35-37-39-41-43-45-53(57)62-50(48-60-47-46-51(54(58)59)55(3,4)5)49-61-52(56)44-42-40-38-36-34-32-30-21-19-17-15-13-11-9-7-2/h24-25,27-28,50-51H,6-23,26,29-49H2,1-5H3/b25-24+,28-27+. The first-order valence-corrected chi connectivity index (χ1v) is 26.4. The SMILES string of the molecule is CCCCCCCCCCC/C=C/C/C=C/CCCCCCCCCC(=O)OC(COCCC(C(=O)[O-])[N+](C)(C)C)COC(=O)CCCCCCCCCCCCCCCCC. The van der Waals surface area contributed by atoms with Crippen molar-refractivity contribution in [2.75, 3.05) is 41.0 Å². The first-order chi connectivity index (χ1) is 30.1. The Morgan fingerprint density at radius 1 is 0.484 bits per heavy atom. The fourth-order valence-electron chi connectivity index (χ4n) is 7.99. The fourth-order valence-corrected chi connectivity index (χ4v) is 7.99. The molecule has 0 saturated heterocycles. The zero-order chi connectivity index (χ0) is 45.6. The number of carbonyl (C=O) groups excluding carboxylic acids is 3. The zero-order valence-corrected chi connectivity index (χ0v) is 41.6. The normalized spacial score (nSPS) is 13.0. The van der Waals surface area contributed by atoms with E-state index in [4.69, 9.17) is 14.2 Å². The number of likely N-dealkylation sites (N-methyl/N-ethyl adjacent to an activating group) is 1. The van der Waals surface area contributed by atoms with Crippen molar-refractivity contribution in [2.45, 2.75) is 264 Å². The number of rotatable bonds is 48. The molecule has 0 aliphatic heterocycles. The molecule has 0 bridgehead atoms. The van der Waals surface area contributed by atoms with Crippen molar-refractivity contribution in [1.29, 1.82) is 0 Å². The first-order valence-electron chi connectivity index (χ1n) is 26.4. The molecule has 364 valence electrons. The van der Waals surface area contributed by atoms with Crippen molar-refractivity contribution in [3.8, 4) is 0 Å². The summed E-state index contributed by atoms with van der Waals surface area (Å²) in [7, 11) is 5.42. The van der Waals surface area contributed by atoms with Gasteiger partial charge in [0.1, 0.15) is 12.6 Å². The maximum Gasteiger partial charge on any atom is 0.306 e. The minimum absolute atomic E-state index is 0.0418. The smallest absolute Gasteiger partial charge is 0.306 e. The van der Waals surface area contributed by atoms with Crippen LogP contribution in [0.4, 0.5) is 0 Å². The molecular weight excluding hydrogens is 775 g/mol. The van der Waals surface area contributed by atoms with Crippen LogP contribution in [-0.2, 0) is 28.6 Å². The van der Waals surface area contributed by atoms with Crippen molar-refractivity contribution in [2.24, 2.45) is 0 Å². The van der Waals surface area contributed by atoms with E-state index < -0.39 is 18.1 Å². The molecule has 62 heavy (non-hydrogen) atoms. The van der Waals surface area contributed by atoms with Crippen LogP contribution in [0.15, 0.2) is 24.3 Å². The van der Waals surface area contributed by atoms with Crippen LogP contribution in [0.25, 0.3) is 0 Å².